The van der Waals surface area contributed by atoms with Gasteiger partial charge in [0.1, 0.15) is 0 Å². The summed E-state index contributed by atoms with van der Waals surface area (Å²) in [7, 11) is 0. The van der Waals surface area contributed by atoms with Gasteiger partial charge in [0.25, 0.3) is 0 Å². The fourth-order valence-corrected chi connectivity index (χ4v) is 1.16. The number of hydrogen-bond acceptors (Lipinski definition) is 4. The zero-order valence-electron chi connectivity index (χ0n) is 7.48. The third-order valence-electron chi connectivity index (χ3n) is 1.90. The first-order valence-electron chi connectivity index (χ1n) is 4.30. The molecule has 0 aliphatic carbocycles. The number of rotatable bonds is 4. The normalized spacial score (nSPS) is 12.8. The molecule has 0 radical (unpaired) electrons. The first-order valence-corrected chi connectivity index (χ1v) is 4.30. The van der Waals surface area contributed by atoms with E-state index in [0.29, 0.717) is 25.1 Å². The second-order valence-corrected chi connectivity index (χ2v) is 3.01. The van der Waals surface area contributed by atoms with Crippen molar-refractivity contribution >= 4 is 5.69 Å². The van der Waals surface area contributed by atoms with Crippen LogP contribution in [0, 0.1) is 0 Å². The van der Waals surface area contributed by atoms with E-state index >= 15 is 0 Å². The van der Waals surface area contributed by atoms with Crippen molar-refractivity contribution in [2.75, 3.05) is 12.3 Å². The van der Waals surface area contributed by atoms with Gasteiger partial charge >= 0.3 is 0 Å². The van der Waals surface area contributed by atoms with Crippen LogP contribution in [0.2, 0.25) is 0 Å². The van der Waals surface area contributed by atoms with Crippen LogP contribution >= 0.6 is 0 Å². The number of anilines is 1. The van der Waals surface area contributed by atoms with Crippen LogP contribution in [-0.2, 0) is 6.42 Å². The Hall–Kier alpha value is -1.13. The van der Waals surface area contributed by atoms with Gasteiger partial charge in [0.05, 0.1) is 6.10 Å². The number of nitrogens with two attached hydrogens (primary N) is 2. The molecule has 0 aliphatic heterocycles. The number of nitrogen functional groups attached to an aromatic ring is 1. The fraction of sp³-hybridized carbons (Fsp3) is 0.444. The van der Waals surface area contributed by atoms with Crippen molar-refractivity contribution in [2.24, 2.45) is 5.73 Å². The average molecular weight is 181 g/mol. The molecular weight excluding hydrogens is 166 g/mol. The highest BCUT2D eigenvalue weighted by Crippen LogP contribution is 2.11. The largest absolute Gasteiger partial charge is 0.398 e. The summed E-state index contributed by atoms with van der Waals surface area (Å²) in [6, 6.07) is 1.73. The molecule has 5 N–H and O–H groups in total. The molecule has 0 aromatic carbocycles. The van der Waals surface area contributed by atoms with Gasteiger partial charge < -0.3 is 16.6 Å². The number of aliphatic hydroxyl groups excluding tert-OH is 1. The van der Waals surface area contributed by atoms with Crippen LogP contribution in [-0.4, -0.2) is 22.7 Å². The van der Waals surface area contributed by atoms with E-state index in [9.17, 15) is 5.11 Å². The van der Waals surface area contributed by atoms with E-state index in [1.54, 1.807) is 18.5 Å². The Morgan fingerprint density at radius 1 is 1.54 bits per heavy atom. The van der Waals surface area contributed by atoms with Gasteiger partial charge in [0, 0.05) is 24.5 Å². The summed E-state index contributed by atoms with van der Waals surface area (Å²) in [5.74, 6) is 0. The maximum absolute atomic E-state index is 9.46. The predicted molar refractivity (Wildman–Crippen MR) is 52.0 cm³/mol. The Balaban J connectivity index is 2.58. The summed E-state index contributed by atoms with van der Waals surface area (Å²) in [4.78, 5) is 3.94. The first-order chi connectivity index (χ1) is 6.24. The van der Waals surface area contributed by atoms with Crippen LogP contribution < -0.4 is 11.5 Å². The fourth-order valence-electron chi connectivity index (χ4n) is 1.16. The zero-order valence-corrected chi connectivity index (χ0v) is 7.48. The number of aromatic nitrogens is 1. The van der Waals surface area contributed by atoms with Gasteiger partial charge in [-0.15, -0.1) is 0 Å². The molecule has 4 heteroatoms. The lowest BCUT2D eigenvalue weighted by atomic mass is 10.1. The second kappa shape index (κ2) is 4.79. The number of pyridine rings is 1. The number of aliphatic hydroxyl groups is 1. The highest BCUT2D eigenvalue weighted by atomic mass is 16.3. The van der Waals surface area contributed by atoms with Crippen LogP contribution in [0.25, 0.3) is 0 Å². The highest BCUT2D eigenvalue weighted by Gasteiger charge is 2.06. The predicted octanol–water partition coefficient (Wildman–Crippen LogP) is -0.0840. The van der Waals surface area contributed by atoms with Gasteiger partial charge in [0.2, 0.25) is 0 Å². The van der Waals surface area contributed by atoms with Crippen molar-refractivity contribution < 1.29 is 5.11 Å². The molecule has 0 aliphatic rings. The molecule has 0 fully saturated rings. The highest BCUT2D eigenvalue weighted by molar-refractivity contribution is 5.44. The molecule has 4 nitrogen and oxygen atoms in total. The smallest absolute Gasteiger partial charge is 0.0593 e. The SMILES string of the molecule is NCCC(O)Cc1cnccc1N. The van der Waals surface area contributed by atoms with Gasteiger partial charge in [-0.3, -0.25) is 4.98 Å². The molecule has 0 spiro atoms. The minimum absolute atomic E-state index is 0.420. The zero-order chi connectivity index (χ0) is 9.68. The van der Waals surface area contributed by atoms with E-state index in [1.165, 1.54) is 0 Å². The van der Waals surface area contributed by atoms with Crippen molar-refractivity contribution in [1.29, 1.82) is 0 Å². The second-order valence-electron chi connectivity index (χ2n) is 3.01. The van der Waals surface area contributed by atoms with E-state index in [1.807, 2.05) is 0 Å². The van der Waals surface area contributed by atoms with Crippen molar-refractivity contribution in [3.05, 3.63) is 24.0 Å². The van der Waals surface area contributed by atoms with Crippen molar-refractivity contribution in [2.45, 2.75) is 18.9 Å². The van der Waals surface area contributed by atoms with E-state index in [4.69, 9.17) is 11.5 Å². The van der Waals surface area contributed by atoms with Gasteiger partial charge in [-0.2, -0.15) is 0 Å². The van der Waals surface area contributed by atoms with Crippen molar-refractivity contribution in [3.8, 4) is 0 Å². The molecule has 0 saturated heterocycles. The van der Waals surface area contributed by atoms with Gasteiger partial charge in [-0.1, -0.05) is 0 Å². The van der Waals surface area contributed by atoms with Crippen LogP contribution in [0.4, 0.5) is 5.69 Å². The lowest BCUT2D eigenvalue weighted by Crippen LogP contribution is -2.16. The lowest BCUT2D eigenvalue weighted by Gasteiger charge is -2.10. The summed E-state index contributed by atoms with van der Waals surface area (Å²) >= 11 is 0. The molecule has 0 saturated carbocycles. The number of nitrogens with zero attached hydrogens (tertiary/aromatic N) is 1. The van der Waals surface area contributed by atoms with Gasteiger partial charge in [0.15, 0.2) is 0 Å². The first kappa shape index (κ1) is 9.95. The van der Waals surface area contributed by atoms with Crippen LogP contribution in [0.15, 0.2) is 18.5 Å². The third kappa shape index (κ3) is 3.01. The van der Waals surface area contributed by atoms with Crippen LogP contribution in [0.1, 0.15) is 12.0 Å². The monoisotopic (exact) mass is 181 g/mol. The molecule has 1 rings (SSSR count). The standard InChI is InChI=1S/C9H15N3O/c10-3-1-8(13)5-7-6-12-4-2-9(7)11/h2,4,6,8,13H,1,3,5,10H2,(H2,11,12). The molecule has 13 heavy (non-hydrogen) atoms. The molecule has 0 amide bonds. The molecule has 1 aromatic heterocycles. The quantitative estimate of drug-likeness (QED) is 0.606. The molecule has 1 aromatic rings. The minimum Gasteiger partial charge on any atom is -0.398 e. The minimum atomic E-state index is -0.420. The van der Waals surface area contributed by atoms with Gasteiger partial charge in [-0.25, -0.2) is 0 Å². The third-order valence-corrected chi connectivity index (χ3v) is 1.90. The maximum Gasteiger partial charge on any atom is 0.0593 e. The summed E-state index contributed by atoms with van der Waals surface area (Å²) in [6.07, 6.45) is 4.01. The summed E-state index contributed by atoms with van der Waals surface area (Å²) in [5.41, 5.74) is 12.5. The van der Waals surface area contributed by atoms with E-state index < -0.39 is 6.10 Å². The Bertz CT molecular complexity index is 265. The van der Waals surface area contributed by atoms with Crippen LogP contribution in [0.5, 0.6) is 0 Å². The van der Waals surface area contributed by atoms with E-state index in [-0.39, 0.29) is 0 Å². The topological polar surface area (TPSA) is 85.2 Å². The molecule has 1 atom stereocenters. The molecular formula is C9H15N3O. The van der Waals surface area contributed by atoms with Crippen LogP contribution in [0.3, 0.4) is 0 Å². The molecule has 1 heterocycles. The summed E-state index contributed by atoms with van der Waals surface area (Å²) < 4.78 is 0. The lowest BCUT2D eigenvalue weighted by molar-refractivity contribution is 0.167. The number of hydrogen-bond donors (Lipinski definition) is 3. The molecule has 1 unspecified atom stereocenters. The van der Waals surface area contributed by atoms with Gasteiger partial charge in [-0.05, 0) is 24.6 Å². The van der Waals surface area contributed by atoms with Crippen molar-refractivity contribution in [3.63, 3.8) is 0 Å². The Kier molecular flexibility index (Phi) is 3.67. The molecule has 0 bridgehead atoms. The van der Waals surface area contributed by atoms with Crippen molar-refractivity contribution in [1.82, 2.24) is 4.98 Å². The average Bonchev–Trinajstić information content (AvgIpc) is 2.09. The molecule has 72 valence electrons. The maximum atomic E-state index is 9.46. The summed E-state index contributed by atoms with van der Waals surface area (Å²) in [6.45, 7) is 0.487. The van der Waals surface area contributed by atoms with E-state index in [0.717, 1.165) is 5.56 Å². The summed E-state index contributed by atoms with van der Waals surface area (Å²) in [5, 5.41) is 9.46. The Morgan fingerprint density at radius 3 is 2.92 bits per heavy atom. The van der Waals surface area contributed by atoms with E-state index in [2.05, 4.69) is 4.98 Å². The Labute approximate surface area is 77.6 Å². The Morgan fingerprint density at radius 2 is 2.31 bits per heavy atom.